The zero-order valence-corrected chi connectivity index (χ0v) is 13.0. The summed E-state index contributed by atoms with van der Waals surface area (Å²) >= 11 is 0. The zero-order valence-electron chi connectivity index (χ0n) is 13.0. The molecule has 4 nitrogen and oxygen atoms in total. The fraction of sp³-hybridized carbons (Fsp3) is 0.625. The van der Waals surface area contributed by atoms with Gasteiger partial charge in [0.15, 0.2) is 0 Å². The maximum atomic E-state index is 5.83. The van der Waals surface area contributed by atoms with E-state index in [9.17, 15) is 0 Å². The van der Waals surface area contributed by atoms with Crippen LogP contribution in [0.2, 0.25) is 0 Å². The molecule has 0 fully saturated rings. The zero-order chi connectivity index (χ0) is 14.8. The van der Waals surface area contributed by atoms with Crippen LogP contribution in [0.25, 0.3) is 0 Å². The van der Waals surface area contributed by atoms with Crippen molar-refractivity contribution in [2.75, 3.05) is 20.7 Å². The third-order valence-corrected chi connectivity index (χ3v) is 4.81. The molecule has 2 rings (SSSR count). The van der Waals surface area contributed by atoms with E-state index in [1.807, 2.05) is 6.07 Å². The highest BCUT2D eigenvalue weighted by molar-refractivity contribution is 5.37. The van der Waals surface area contributed by atoms with Crippen LogP contribution in [-0.4, -0.2) is 37.2 Å². The minimum absolute atomic E-state index is 0.00198. The van der Waals surface area contributed by atoms with Crippen molar-refractivity contribution in [3.05, 3.63) is 29.8 Å². The number of hydrazine groups is 1. The van der Waals surface area contributed by atoms with Gasteiger partial charge in [-0.25, -0.2) is 0 Å². The van der Waals surface area contributed by atoms with Gasteiger partial charge in [-0.2, -0.15) is 0 Å². The maximum absolute atomic E-state index is 5.83. The number of fused-ring (bicyclic) bond motifs is 1. The molecule has 3 N–H and O–H groups in total. The highest BCUT2D eigenvalue weighted by atomic mass is 16.5. The molecule has 20 heavy (non-hydrogen) atoms. The van der Waals surface area contributed by atoms with Crippen LogP contribution in [0.3, 0.4) is 0 Å². The average molecular weight is 277 g/mol. The molecule has 1 heterocycles. The first-order chi connectivity index (χ1) is 9.46. The van der Waals surface area contributed by atoms with Gasteiger partial charge in [-0.15, -0.1) is 0 Å². The van der Waals surface area contributed by atoms with Gasteiger partial charge in [0, 0.05) is 11.6 Å². The summed E-state index contributed by atoms with van der Waals surface area (Å²) in [5.41, 5.74) is 4.33. The number of ether oxygens (including phenoxy) is 1. The third kappa shape index (κ3) is 2.97. The van der Waals surface area contributed by atoms with Gasteiger partial charge in [0.05, 0.1) is 6.61 Å². The number of hydrogen-bond donors (Lipinski definition) is 2. The number of nitrogens with one attached hydrogen (secondary N) is 1. The van der Waals surface area contributed by atoms with Crippen LogP contribution in [0.5, 0.6) is 5.75 Å². The predicted molar refractivity (Wildman–Crippen MR) is 82.8 cm³/mol. The second-order valence-electron chi connectivity index (χ2n) is 6.37. The molecule has 2 unspecified atom stereocenters. The van der Waals surface area contributed by atoms with E-state index in [2.05, 4.69) is 56.5 Å². The number of nitrogens with zero attached hydrogens (tertiary/aromatic N) is 1. The molecule has 1 aromatic carbocycles. The Balaban J connectivity index is 2.17. The summed E-state index contributed by atoms with van der Waals surface area (Å²) in [4.78, 5) is 2.22. The molecule has 1 aromatic rings. The summed E-state index contributed by atoms with van der Waals surface area (Å²) in [6.07, 6.45) is 2.07. The lowest BCUT2D eigenvalue weighted by Crippen LogP contribution is -2.57. The summed E-state index contributed by atoms with van der Waals surface area (Å²) < 4.78 is 5.74. The predicted octanol–water partition coefficient (Wildman–Crippen LogP) is 2.11. The number of benzene rings is 1. The number of nitrogens with two attached hydrogens (primary N) is 1. The molecule has 0 radical (unpaired) electrons. The number of para-hydroxylation sites is 1. The second-order valence-corrected chi connectivity index (χ2v) is 6.37. The smallest absolute Gasteiger partial charge is 0.122 e. The quantitative estimate of drug-likeness (QED) is 0.639. The van der Waals surface area contributed by atoms with Crippen LogP contribution in [0.15, 0.2) is 24.3 Å². The molecular weight excluding hydrogens is 250 g/mol. The van der Waals surface area contributed by atoms with Crippen molar-refractivity contribution >= 4 is 0 Å². The Bertz CT molecular complexity index is 445. The van der Waals surface area contributed by atoms with Crippen molar-refractivity contribution in [3.8, 4) is 5.75 Å². The number of hydrogen-bond acceptors (Lipinski definition) is 4. The summed E-state index contributed by atoms with van der Waals surface area (Å²) in [6, 6.07) is 8.58. The van der Waals surface area contributed by atoms with Gasteiger partial charge in [-0.3, -0.25) is 11.3 Å². The first kappa shape index (κ1) is 15.3. The Labute approximate surface area is 122 Å². The van der Waals surface area contributed by atoms with Crippen molar-refractivity contribution in [2.45, 2.75) is 44.2 Å². The molecule has 2 atom stereocenters. The van der Waals surface area contributed by atoms with E-state index < -0.39 is 0 Å². The number of rotatable bonds is 5. The first-order valence-electron chi connectivity index (χ1n) is 7.32. The lowest BCUT2D eigenvalue weighted by Gasteiger charge is -2.42. The molecular formula is C16H27N3O. The van der Waals surface area contributed by atoms with Gasteiger partial charge in [0.1, 0.15) is 5.75 Å². The van der Waals surface area contributed by atoms with E-state index in [-0.39, 0.29) is 11.6 Å². The van der Waals surface area contributed by atoms with Gasteiger partial charge >= 0.3 is 0 Å². The van der Waals surface area contributed by atoms with E-state index in [1.54, 1.807) is 0 Å². The van der Waals surface area contributed by atoms with Crippen LogP contribution in [0.1, 0.15) is 38.2 Å². The maximum Gasteiger partial charge on any atom is 0.122 e. The summed E-state index contributed by atoms with van der Waals surface area (Å²) in [7, 11) is 4.20. The van der Waals surface area contributed by atoms with Crippen molar-refractivity contribution in [1.29, 1.82) is 0 Å². The fourth-order valence-electron chi connectivity index (χ4n) is 2.82. The molecule has 0 saturated heterocycles. The average Bonchev–Trinajstić information content (AvgIpc) is 2.44. The standard InChI is InChI=1S/C16H27N3O/c1-16(2,19(3)4)15(18-17)11-12-9-10-20-14-8-6-5-7-13(12)14/h5-8,12,15,18H,9-11,17H2,1-4H3. The van der Waals surface area contributed by atoms with E-state index >= 15 is 0 Å². The van der Waals surface area contributed by atoms with Crippen LogP contribution in [-0.2, 0) is 0 Å². The topological polar surface area (TPSA) is 50.5 Å². The monoisotopic (exact) mass is 277 g/mol. The molecule has 0 aromatic heterocycles. The molecule has 1 aliphatic rings. The largest absolute Gasteiger partial charge is 0.493 e. The SMILES string of the molecule is CN(C)C(C)(C)C(CC1CCOc2ccccc21)NN. The molecule has 4 heteroatoms. The normalized spacial score (nSPS) is 20.4. The summed E-state index contributed by atoms with van der Waals surface area (Å²) in [5, 5.41) is 0. The summed E-state index contributed by atoms with van der Waals surface area (Å²) in [5.74, 6) is 7.36. The van der Waals surface area contributed by atoms with Crippen LogP contribution in [0.4, 0.5) is 0 Å². The van der Waals surface area contributed by atoms with Crippen molar-refractivity contribution in [2.24, 2.45) is 5.84 Å². The third-order valence-electron chi connectivity index (χ3n) is 4.81. The lowest BCUT2D eigenvalue weighted by molar-refractivity contribution is 0.122. The van der Waals surface area contributed by atoms with E-state index in [4.69, 9.17) is 10.6 Å². The molecule has 1 aliphatic heterocycles. The van der Waals surface area contributed by atoms with E-state index in [0.717, 1.165) is 25.2 Å². The van der Waals surface area contributed by atoms with Crippen LogP contribution >= 0.6 is 0 Å². The lowest BCUT2D eigenvalue weighted by atomic mass is 9.81. The highest BCUT2D eigenvalue weighted by Crippen LogP contribution is 2.37. The molecule has 0 bridgehead atoms. The van der Waals surface area contributed by atoms with E-state index in [1.165, 1.54) is 5.56 Å². The van der Waals surface area contributed by atoms with Gasteiger partial charge in [-0.1, -0.05) is 18.2 Å². The second kappa shape index (κ2) is 6.12. The van der Waals surface area contributed by atoms with Gasteiger partial charge in [0.2, 0.25) is 0 Å². The minimum Gasteiger partial charge on any atom is -0.493 e. The fourth-order valence-corrected chi connectivity index (χ4v) is 2.82. The molecule has 0 saturated carbocycles. The Morgan fingerprint density at radius 1 is 1.40 bits per heavy atom. The molecule has 0 spiro atoms. The Morgan fingerprint density at radius 2 is 2.10 bits per heavy atom. The van der Waals surface area contributed by atoms with Crippen LogP contribution in [0, 0.1) is 0 Å². The van der Waals surface area contributed by atoms with E-state index in [0.29, 0.717) is 5.92 Å². The Hall–Kier alpha value is -1.10. The number of likely N-dealkylation sites (N-methyl/N-ethyl adjacent to an activating group) is 1. The van der Waals surface area contributed by atoms with Gasteiger partial charge < -0.3 is 9.64 Å². The molecule has 112 valence electrons. The Kier molecular flexibility index (Phi) is 4.68. The van der Waals surface area contributed by atoms with Gasteiger partial charge in [0.25, 0.3) is 0 Å². The highest BCUT2D eigenvalue weighted by Gasteiger charge is 2.34. The molecule has 0 aliphatic carbocycles. The Morgan fingerprint density at radius 3 is 2.75 bits per heavy atom. The van der Waals surface area contributed by atoms with Crippen molar-refractivity contribution in [3.63, 3.8) is 0 Å². The van der Waals surface area contributed by atoms with Gasteiger partial charge in [-0.05, 0) is 58.3 Å². The van der Waals surface area contributed by atoms with Crippen molar-refractivity contribution < 1.29 is 4.74 Å². The van der Waals surface area contributed by atoms with Crippen LogP contribution < -0.4 is 16.0 Å². The van der Waals surface area contributed by atoms with Crippen molar-refractivity contribution in [1.82, 2.24) is 10.3 Å². The molecule has 0 amide bonds. The first-order valence-corrected chi connectivity index (χ1v) is 7.32. The summed E-state index contributed by atoms with van der Waals surface area (Å²) in [6.45, 7) is 5.24. The minimum atomic E-state index is 0.00198.